The smallest absolute Gasteiger partial charge is 0.405 e. The molecule has 0 aromatic heterocycles. The van der Waals surface area contributed by atoms with Crippen molar-refractivity contribution in [3.8, 4) is 0 Å². The predicted molar refractivity (Wildman–Crippen MR) is 52.2 cm³/mol. The lowest BCUT2D eigenvalue weighted by Crippen LogP contribution is -2.36. The summed E-state index contributed by atoms with van der Waals surface area (Å²) in [4.78, 5) is 20.9. The van der Waals surface area contributed by atoms with Crippen LogP contribution in [0.3, 0.4) is 0 Å². The lowest BCUT2D eigenvalue weighted by atomic mass is 9.85. The molecule has 14 heavy (non-hydrogen) atoms. The number of amides is 1. The highest BCUT2D eigenvalue weighted by Gasteiger charge is 2.19. The molecule has 1 unspecified atom stereocenters. The quantitative estimate of drug-likeness (QED) is 0.678. The van der Waals surface area contributed by atoms with Gasteiger partial charge in [0.2, 0.25) is 0 Å². The van der Waals surface area contributed by atoms with E-state index in [1.54, 1.807) is 0 Å². The van der Waals surface area contributed by atoms with Gasteiger partial charge < -0.3 is 15.2 Å². The molecule has 0 aromatic rings. The fourth-order valence-corrected chi connectivity index (χ4v) is 2.09. The molecule has 80 valence electrons. The van der Waals surface area contributed by atoms with E-state index in [0.29, 0.717) is 18.6 Å². The van der Waals surface area contributed by atoms with Gasteiger partial charge >= 0.3 is 6.09 Å². The molecule has 4 heteroatoms. The van der Waals surface area contributed by atoms with E-state index in [4.69, 9.17) is 5.11 Å². The molecule has 1 amide bonds. The maximum absolute atomic E-state index is 10.6. The summed E-state index contributed by atoms with van der Waals surface area (Å²) in [6.07, 6.45) is 6.20. The van der Waals surface area contributed by atoms with Gasteiger partial charge in [-0.2, -0.15) is 0 Å². The van der Waals surface area contributed by atoms with Gasteiger partial charge in [-0.15, -0.1) is 0 Å². The SMILES string of the molecule is O=CC(CC1CCCCC1)NC(=O)O. The summed E-state index contributed by atoms with van der Waals surface area (Å²) in [7, 11) is 0. The largest absolute Gasteiger partial charge is 0.465 e. The van der Waals surface area contributed by atoms with Crippen molar-refractivity contribution >= 4 is 12.4 Å². The Labute approximate surface area is 83.7 Å². The van der Waals surface area contributed by atoms with Gasteiger partial charge in [-0.25, -0.2) is 4.79 Å². The van der Waals surface area contributed by atoms with Gasteiger partial charge in [0.1, 0.15) is 6.29 Å². The molecule has 0 aromatic carbocycles. The zero-order chi connectivity index (χ0) is 10.4. The molecule has 2 N–H and O–H groups in total. The molecular weight excluding hydrogens is 182 g/mol. The molecule has 0 bridgehead atoms. The Morgan fingerprint density at radius 2 is 2.07 bits per heavy atom. The summed E-state index contributed by atoms with van der Waals surface area (Å²) in [6, 6.07) is -0.518. The molecule has 4 nitrogen and oxygen atoms in total. The first-order valence-corrected chi connectivity index (χ1v) is 5.17. The number of hydrogen-bond acceptors (Lipinski definition) is 2. The van der Waals surface area contributed by atoms with Gasteiger partial charge in [-0.1, -0.05) is 32.1 Å². The highest BCUT2D eigenvalue weighted by molar-refractivity contribution is 5.71. The number of aldehydes is 1. The normalized spacial score (nSPS) is 20.0. The summed E-state index contributed by atoms with van der Waals surface area (Å²) < 4.78 is 0. The van der Waals surface area contributed by atoms with E-state index in [9.17, 15) is 9.59 Å². The number of carbonyl (C=O) groups is 2. The van der Waals surface area contributed by atoms with E-state index in [-0.39, 0.29) is 0 Å². The first-order valence-electron chi connectivity index (χ1n) is 5.17. The number of carbonyl (C=O) groups excluding carboxylic acids is 1. The summed E-state index contributed by atoms with van der Waals surface area (Å²) in [6.45, 7) is 0. The van der Waals surface area contributed by atoms with Crippen molar-refractivity contribution < 1.29 is 14.7 Å². The highest BCUT2D eigenvalue weighted by Crippen LogP contribution is 2.26. The van der Waals surface area contributed by atoms with Gasteiger partial charge in [-0.3, -0.25) is 0 Å². The molecule has 1 saturated carbocycles. The van der Waals surface area contributed by atoms with Crippen LogP contribution in [0, 0.1) is 5.92 Å². The Balaban J connectivity index is 2.30. The fourth-order valence-electron chi connectivity index (χ4n) is 2.09. The van der Waals surface area contributed by atoms with Crippen molar-refractivity contribution in [3.63, 3.8) is 0 Å². The molecular formula is C10H17NO3. The summed E-state index contributed by atoms with van der Waals surface area (Å²) in [5.74, 6) is 0.519. The van der Waals surface area contributed by atoms with Crippen molar-refractivity contribution in [2.75, 3.05) is 0 Å². The first-order chi connectivity index (χ1) is 6.72. The molecule has 1 fully saturated rings. The third kappa shape index (κ3) is 3.77. The maximum atomic E-state index is 10.6. The second kappa shape index (κ2) is 5.62. The molecule has 0 heterocycles. The Kier molecular flexibility index (Phi) is 4.43. The van der Waals surface area contributed by atoms with Crippen LogP contribution in [0.5, 0.6) is 0 Å². The van der Waals surface area contributed by atoms with Crippen LogP contribution in [0.25, 0.3) is 0 Å². The van der Waals surface area contributed by atoms with E-state index in [1.165, 1.54) is 19.3 Å². The molecule has 1 atom stereocenters. The molecule has 1 rings (SSSR count). The highest BCUT2D eigenvalue weighted by atomic mass is 16.4. The molecule has 0 aliphatic heterocycles. The van der Waals surface area contributed by atoms with Gasteiger partial charge in [-0.05, 0) is 12.3 Å². The van der Waals surface area contributed by atoms with E-state index in [0.717, 1.165) is 12.8 Å². The van der Waals surface area contributed by atoms with Gasteiger partial charge in [0.15, 0.2) is 0 Å². The fraction of sp³-hybridized carbons (Fsp3) is 0.800. The van der Waals surface area contributed by atoms with Crippen LogP contribution >= 0.6 is 0 Å². The van der Waals surface area contributed by atoms with E-state index < -0.39 is 12.1 Å². The second-order valence-electron chi connectivity index (χ2n) is 3.93. The minimum Gasteiger partial charge on any atom is -0.465 e. The van der Waals surface area contributed by atoms with Gasteiger partial charge in [0.25, 0.3) is 0 Å². The molecule has 0 spiro atoms. The Morgan fingerprint density at radius 3 is 2.57 bits per heavy atom. The van der Waals surface area contributed by atoms with Crippen LogP contribution in [0.1, 0.15) is 38.5 Å². The van der Waals surface area contributed by atoms with Crippen molar-refractivity contribution in [2.45, 2.75) is 44.6 Å². The predicted octanol–water partition coefficient (Wildman–Crippen LogP) is 1.79. The molecule has 1 aliphatic rings. The number of carboxylic acid groups (broad SMARTS) is 1. The van der Waals surface area contributed by atoms with Crippen LogP contribution in [-0.2, 0) is 4.79 Å². The lowest BCUT2D eigenvalue weighted by Gasteiger charge is -2.23. The van der Waals surface area contributed by atoms with Crippen molar-refractivity contribution in [1.82, 2.24) is 5.32 Å². The lowest BCUT2D eigenvalue weighted by molar-refractivity contribution is -0.109. The third-order valence-electron chi connectivity index (χ3n) is 2.79. The number of nitrogens with one attached hydrogen (secondary N) is 1. The molecule has 1 aliphatic carbocycles. The number of rotatable bonds is 4. The van der Waals surface area contributed by atoms with Gasteiger partial charge in [0.05, 0.1) is 6.04 Å². The Hall–Kier alpha value is -1.06. The average Bonchev–Trinajstić information content (AvgIpc) is 2.17. The van der Waals surface area contributed by atoms with E-state index >= 15 is 0 Å². The van der Waals surface area contributed by atoms with Crippen LogP contribution in [0.4, 0.5) is 4.79 Å². The average molecular weight is 199 g/mol. The van der Waals surface area contributed by atoms with E-state index in [1.807, 2.05) is 0 Å². The Morgan fingerprint density at radius 1 is 1.43 bits per heavy atom. The van der Waals surface area contributed by atoms with Crippen molar-refractivity contribution in [2.24, 2.45) is 5.92 Å². The minimum absolute atomic E-state index is 0.518. The van der Waals surface area contributed by atoms with Crippen LogP contribution in [0.2, 0.25) is 0 Å². The van der Waals surface area contributed by atoms with Crippen molar-refractivity contribution in [3.05, 3.63) is 0 Å². The minimum atomic E-state index is -1.11. The summed E-state index contributed by atoms with van der Waals surface area (Å²) in [5, 5.41) is 10.7. The van der Waals surface area contributed by atoms with Crippen LogP contribution in [-0.4, -0.2) is 23.5 Å². The standard InChI is InChI=1S/C10H17NO3/c12-7-9(11-10(13)14)6-8-4-2-1-3-5-8/h7-9,11H,1-6H2,(H,13,14). The first kappa shape index (κ1) is 11.0. The summed E-state index contributed by atoms with van der Waals surface area (Å²) in [5.41, 5.74) is 0. The number of hydrogen-bond donors (Lipinski definition) is 2. The monoisotopic (exact) mass is 199 g/mol. The van der Waals surface area contributed by atoms with E-state index in [2.05, 4.69) is 5.32 Å². The van der Waals surface area contributed by atoms with Crippen LogP contribution in [0.15, 0.2) is 0 Å². The molecule has 0 radical (unpaired) electrons. The second-order valence-corrected chi connectivity index (χ2v) is 3.93. The third-order valence-corrected chi connectivity index (χ3v) is 2.79. The van der Waals surface area contributed by atoms with Crippen LogP contribution < -0.4 is 5.32 Å². The Bertz CT molecular complexity index is 200. The zero-order valence-electron chi connectivity index (χ0n) is 8.24. The van der Waals surface area contributed by atoms with Crippen molar-refractivity contribution in [1.29, 1.82) is 0 Å². The summed E-state index contributed by atoms with van der Waals surface area (Å²) >= 11 is 0. The maximum Gasteiger partial charge on any atom is 0.405 e. The topological polar surface area (TPSA) is 66.4 Å². The zero-order valence-corrected chi connectivity index (χ0v) is 8.24. The van der Waals surface area contributed by atoms with Gasteiger partial charge in [0, 0.05) is 0 Å². The molecule has 0 saturated heterocycles.